The standard InChI is InChI=1S/C11H10N2O2/c1-6(14)8-4-9-11(12-5-8)15-10(13-9)7-2-3-7/h4-5,7H,2-3H2,1H3. The van der Waals surface area contributed by atoms with Gasteiger partial charge >= 0.3 is 0 Å². The van der Waals surface area contributed by atoms with Crippen molar-refractivity contribution < 1.29 is 9.21 Å². The van der Waals surface area contributed by atoms with Crippen molar-refractivity contribution in [2.24, 2.45) is 0 Å². The Morgan fingerprint density at radius 1 is 1.53 bits per heavy atom. The van der Waals surface area contributed by atoms with Gasteiger partial charge in [0.15, 0.2) is 5.78 Å². The highest BCUT2D eigenvalue weighted by atomic mass is 16.4. The summed E-state index contributed by atoms with van der Waals surface area (Å²) < 4.78 is 5.49. The van der Waals surface area contributed by atoms with Crippen LogP contribution in [0.4, 0.5) is 0 Å². The summed E-state index contributed by atoms with van der Waals surface area (Å²) in [7, 11) is 0. The second-order valence-electron chi connectivity index (χ2n) is 3.93. The van der Waals surface area contributed by atoms with Gasteiger partial charge in [-0.2, -0.15) is 0 Å². The molecule has 0 bridgehead atoms. The monoisotopic (exact) mass is 202 g/mol. The molecule has 0 radical (unpaired) electrons. The highest BCUT2D eigenvalue weighted by Crippen LogP contribution is 2.40. The van der Waals surface area contributed by atoms with E-state index in [4.69, 9.17) is 4.42 Å². The van der Waals surface area contributed by atoms with Crippen molar-refractivity contribution in [1.82, 2.24) is 9.97 Å². The summed E-state index contributed by atoms with van der Waals surface area (Å²) in [5, 5.41) is 0. The van der Waals surface area contributed by atoms with E-state index in [1.54, 1.807) is 6.07 Å². The van der Waals surface area contributed by atoms with Crippen molar-refractivity contribution in [3.05, 3.63) is 23.7 Å². The second-order valence-corrected chi connectivity index (χ2v) is 3.93. The lowest BCUT2D eigenvalue weighted by Crippen LogP contribution is -1.92. The lowest BCUT2D eigenvalue weighted by Gasteiger charge is -1.91. The van der Waals surface area contributed by atoms with Gasteiger partial charge in [0.1, 0.15) is 5.52 Å². The van der Waals surface area contributed by atoms with E-state index in [1.807, 2.05) is 0 Å². The maximum Gasteiger partial charge on any atom is 0.246 e. The number of nitrogens with zero attached hydrogens (tertiary/aromatic N) is 2. The van der Waals surface area contributed by atoms with Crippen molar-refractivity contribution in [2.75, 3.05) is 0 Å². The Morgan fingerprint density at radius 3 is 3.00 bits per heavy atom. The van der Waals surface area contributed by atoms with E-state index in [9.17, 15) is 4.79 Å². The van der Waals surface area contributed by atoms with Crippen LogP contribution in [0.1, 0.15) is 41.9 Å². The number of Topliss-reactive ketones (excluding diaryl/α,β-unsaturated/α-hetero) is 1. The van der Waals surface area contributed by atoms with E-state index in [1.165, 1.54) is 13.1 Å². The Bertz CT molecular complexity index is 541. The molecular weight excluding hydrogens is 192 g/mol. The first-order valence-electron chi connectivity index (χ1n) is 5.01. The summed E-state index contributed by atoms with van der Waals surface area (Å²) in [6.45, 7) is 1.52. The molecular formula is C11H10N2O2. The van der Waals surface area contributed by atoms with Crippen molar-refractivity contribution in [2.45, 2.75) is 25.7 Å². The number of hydrogen-bond donors (Lipinski definition) is 0. The van der Waals surface area contributed by atoms with Gasteiger partial charge in [0, 0.05) is 17.7 Å². The molecule has 76 valence electrons. The van der Waals surface area contributed by atoms with E-state index < -0.39 is 0 Å². The molecule has 1 aliphatic rings. The number of fused-ring (bicyclic) bond motifs is 1. The first-order valence-corrected chi connectivity index (χ1v) is 5.01. The normalized spacial score (nSPS) is 15.8. The SMILES string of the molecule is CC(=O)c1cnc2oc(C3CC3)nc2c1. The van der Waals surface area contributed by atoms with Crippen LogP contribution in [0.5, 0.6) is 0 Å². The van der Waals surface area contributed by atoms with Crippen molar-refractivity contribution in [3.63, 3.8) is 0 Å². The fraction of sp³-hybridized carbons (Fsp3) is 0.364. The molecule has 0 saturated heterocycles. The number of pyridine rings is 1. The Labute approximate surface area is 86.3 Å². The number of carbonyl (C=O) groups is 1. The number of hydrogen-bond acceptors (Lipinski definition) is 4. The fourth-order valence-electron chi connectivity index (χ4n) is 1.54. The zero-order valence-corrected chi connectivity index (χ0v) is 8.36. The highest BCUT2D eigenvalue weighted by molar-refractivity contribution is 5.95. The molecule has 1 fully saturated rings. The highest BCUT2D eigenvalue weighted by Gasteiger charge is 2.29. The lowest BCUT2D eigenvalue weighted by atomic mass is 10.2. The molecule has 0 amide bonds. The molecule has 1 aliphatic carbocycles. The van der Waals surface area contributed by atoms with E-state index in [2.05, 4.69) is 9.97 Å². The Hall–Kier alpha value is -1.71. The van der Waals surface area contributed by atoms with Gasteiger partial charge in [0.05, 0.1) is 0 Å². The molecule has 15 heavy (non-hydrogen) atoms. The minimum absolute atomic E-state index is 0.000344. The maximum absolute atomic E-state index is 11.1. The van der Waals surface area contributed by atoms with Gasteiger partial charge < -0.3 is 4.42 Å². The summed E-state index contributed by atoms with van der Waals surface area (Å²) in [5.41, 5.74) is 1.80. The van der Waals surface area contributed by atoms with Crippen LogP contribution in [0.3, 0.4) is 0 Å². The van der Waals surface area contributed by atoms with Gasteiger partial charge in [-0.15, -0.1) is 0 Å². The summed E-state index contributed by atoms with van der Waals surface area (Å²) in [4.78, 5) is 19.6. The summed E-state index contributed by atoms with van der Waals surface area (Å²) in [5.74, 6) is 1.23. The average Bonchev–Trinajstić information content (AvgIpc) is 2.97. The lowest BCUT2D eigenvalue weighted by molar-refractivity contribution is 0.101. The predicted molar refractivity (Wildman–Crippen MR) is 53.8 cm³/mol. The van der Waals surface area contributed by atoms with Gasteiger partial charge in [0.2, 0.25) is 11.6 Å². The summed E-state index contributed by atoms with van der Waals surface area (Å²) in [6, 6.07) is 1.74. The van der Waals surface area contributed by atoms with E-state index in [0.29, 0.717) is 22.7 Å². The Kier molecular flexibility index (Phi) is 1.65. The van der Waals surface area contributed by atoms with Crippen LogP contribution in [-0.2, 0) is 0 Å². The Morgan fingerprint density at radius 2 is 2.33 bits per heavy atom. The number of oxazole rings is 1. The average molecular weight is 202 g/mol. The molecule has 0 N–H and O–H groups in total. The van der Waals surface area contributed by atoms with Crippen molar-refractivity contribution in [1.29, 1.82) is 0 Å². The fourth-order valence-corrected chi connectivity index (χ4v) is 1.54. The second kappa shape index (κ2) is 2.89. The molecule has 0 aromatic carbocycles. The van der Waals surface area contributed by atoms with Crippen molar-refractivity contribution >= 4 is 17.0 Å². The van der Waals surface area contributed by atoms with Gasteiger partial charge in [0.25, 0.3) is 0 Å². The molecule has 2 heterocycles. The van der Waals surface area contributed by atoms with Crippen LogP contribution < -0.4 is 0 Å². The zero-order chi connectivity index (χ0) is 10.4. The van der Waals surface area contributed by atoms with Crippen LogP contribution in [-0.4, -0.2) is 15.8 Å². The summed E-state index contributed by atoms with van der Waals surface area (Å²) >= 11 is 0. The number of aromatic nitrogens is 2. The van der Waals surface area contributed by atoms with Crippen LogP contribution in [0.15, 0.2) is 16.7 Å². The molecule has 2 aromatic heterocycles. The largest absolute Gasteiger partial charge is 0.422 e. The third-order valence-corrected chi connectivity index (χ3v) is 2.60. The molecule has 0 unspecified atom stereocenters. The van der Waals surface area contributed by atoms with Crippen molar-refractivity contribution in [3.8, 4) is 0 Å². The molecule has 2 aromatic rings. The summed E-state index contributed by atoms with van der Waals surface area (Å²) in [6.07, 6.45) is 3.82. The van der Waals surface area contributed by atoms with Gasteiger partial charge in [-0.1, -0.05) is 0 Å². The molecule has 0 spiro atoms. The topological polar surface area (TPSA) is 56.0 Å². The van der Waals surface area contributed by atoms with Crippen LogP contribution in [0.25, 0.3) is 11.2 Å². The first kappa shape index (κ1) is 8.59. The minimum atomic E-state index is 0.000344. The van der Waals surface area contributed by atoms with Gasteiger partial charge in [-0.25, -0.2) is 9.97 Å². The van der Waals surface area contributed by atoms with E-state index in [0.717, 1.165) is 18.7 Å². The molecule has 0 aliphatic heterocycles. The Balaban J connectivity index is 2.13. The van der Waals surface area contributed by atoms with Crippen LogP contribution >= 0.6 is 0 Å². The molecule has 4 heteroatoms. The third-order valence-electron chi connectivity index (χ3n) is 2.60. The van der Waals surface area contributed by atoms with Crippen LogP contribution in [0, 0.1) is 0 Å². The van der Waals surface area contributed by atoms with Gasteiger partial charge in [-0.3, -0.25) is 4.79 Å². The first-order chi connectivity index (χ1) is 7.24. The quantitative estimate of drug-likeness (QED) is 0.701. The zero-order valence-electron chi connectivity index (χ0n) is 8.36. The smallest absolute Gasteiger partial charge is 0.246 e. The molecule has 4 nitrogen and oxygen atoms in total. The van der Waals surface area contributed by atoms with Gasteiger partial charge in [-0.05, 0) is 25.8 Å². The van der Waals surface area contributed by atoms with E-state index in [-0.39, 0.29) is 5.78 Å². The molecule has 3 rings (SSSR count). The van der Waals surface area contributed by atoms with Crippen LogP contribution in [0.2, 0.25) is 0 Å². The third kappa shape index (κ3) is 1.42. The molecule has 0 atom stereocenters. The molecule has 1 saturated carbocycles. The number of ketones is 1. The minimum Gasteiger partial charge on any atom is -0.422 e. The maximum atomic E-state index is 11.1. The number of carbonyl (C=O) groups excluding carboxylic acids is 1. The predicted octanol–water partition coefficient (Wildman–Crippen LogP) is 2.30. The number of rotatable bonds is 2. The van der Waals surface area contributed by atoms with E-state index >= 15 is 0 Å².